The molecule has 0 aliphatic heterocycles. The van der Waals surface area contributed by atoms with E-state index in [-0.39, 0.29) is 5.91 Å². The van der Waals surface area contributed by atoms with E-state index in [1.165, 1.54) is 7.11 Å². The Balaban J connectivity index is 2.16. The molecule has 0 heterocycles. The van der Waals surface area contributed by atoms with Gasteiger partial charge in [0.05, 0.1) is 19.6 Å². The maximum atomic E-state index is 12.6. The molecule has 0 aliphatic carbocycles. The highest BCUT2D eigenvalue weighted by atomic mass is 16.5. The molecular formula is C21H25NO5. The Morgan fingerprint density at radius 3 is 2.44 bits per heavy atom. The molecule has 1 unspecified atom stereocenters. The number of amides is 1. The van der Waals surface area contributed by atoms with Crippen LogP contribution in [0.15, 0.2) is 42.5 Å². The summed E-state index contributed by atoms with van der Waals surface area (Å²) in [6, 6.07) is 11.8. The summed E-state index contributed by atoms with van der Waals surface area (Å²) in [5, 5.41) is 11.9. The molecule has 0 saturated carbocycles. The van der Waals surface area contributed by atoms with Crippen molar-refractivity contribution in [3.05, 3.63) is 53.6 Å². The summed E-state index contributed by atoms with van der Waals surface area (Å²) in [5.74, 6) is -0.446. The van der Waals surface area contributed by atoms with Crippen LogP contribution in [-0.2, 0) is 4.79 Å². The van der Waals surface area contributed by atoms with Crippen molar-refractivity contribution in [3.8, 4) is 11.5 Å². The lowest BCUT2D eigenvalue weighted by Crippen LogP contribution is -2.13. The maximum absolute atomic E-state index is 12.6. The molecule has 0 fully saturated rings. The molecule has 0 saturated heterocycles. The normalized spacial score (nSPS) is 11.7. The van der Waals surface area contributed by atoms with Crippen LogP contribution < -0.4 is 14.8 Å². The Hall–Kier alpha value is -3.02. The van der Waals surface area contributed by atoms with Gasteiger partial charge in [-0.2, -0.15) is 0 Å². The number of aliphatic carboxylic acids is 1. The van der Waals surface area contributed by atoms with E-state index in [0.29, 0.717) is 40.8 Å². The number of rotatable bonds is 8. The molecule has 6 heteroatoms. The second-order valence-corrected chi connectivity index (χ2v) is 6.71. The van der Waals surface area contributed by atoms with Crippen LogP contribution >= 0.6 is 0 Å². The molecular weight excluding hydrogens is 346 g/mol. The molecule has 1 amide bonds. The van der Waals surface area contributed by atoms with Crippen molar-refractivity contribution in [2.45, 2.75) is 26.7 Å². The van der Waals surface area contributed by atoms with Gasteiger partial charge in [-0.1, -0.05) is 26.0 Å². The summed E-state index contributed by atoms with van der Waals surface area (Å²) in [4.78, 5) is 23.7. The van der Waals surface area contributed by atoms with Gasteiger partial charge in [0.2, 0.25) is 0 Å². The lowest BCUT2D eigenvalue weighted by Gasteiger charge is -2.14. The fourth-order valence-electron chi connectivity index (χ4n) is 2.42. The summed E-state index contributed by atoms with van der Waals surface area (Å²) >= 11 is 0. The average Bonchev–Trinajstić information content (AvgIpc) is 2.65. The lowest BCUT2D eigenvalue weighted by atomic mass is 10.0. The quantitative estimate of drug-likeness (QED) is 0.727. The highest BCUT2D eigenvalue weighted by molar-refractivity contribution is 6.04. The van der Waals surface area contributed by atoms with Crippen molar-refractivity contribution in [1.82, 2.24) is 0 Å². The number of anilines is 1. The minimum Gasteiger partial charge on any atom is -0.493 e. The summed E-state index contributed by atoms with van der Waals surface area (Å²) in [6.07, 6.45) is 0. The van der Waals surface area contributed by atoms with Gasteiger partial charge < -0.3 is 19.9 Å². The summed E-state index contributed by atoms with van der Waals surface area (Å²) in [7, 11) is 1.52. The molecule has 0 bridgehead atoms. The van der Waals surface area contributed by atoms with E-state index in [1.807, 2.05) is 13.8 Å². The van der Waals surface area contributed by atoms with Crippen molar-refractivity contribution in [1.29, 1.82) is 0 Å². The Morgan fingerprint density at radius 1 is 1.07 bits per heavy atom. The van der Waals surface area contributed by atoms with Gasteiger partial charge in [-0.25, -0.2) is 0 Å². The Morgan fingerprint density at radius 2 is 1.81 bits per heavy atom. The van der Waals surface area contributed by atoms with Gasteiger partial charge in [0.15, 0.2) is 11.5 Å². The van der Waals surface area contributed by atoms with Gasteiger partial charge in [-0.05, 0) is 48.7 Å². The fraction of sp³-hybridized carbons (Fsp3) is 0.333. The molecule has 6 nitrogen and oxygen atoms in total. The lowest BCUT2D eigenvalue weighted by molar-refractivity contribution is -0.138. The maximum Gasteiger partial charge on any atom is 0.310 e. The predicted molar refractivity (Wildman–Crippen MR) is 104 cm³/mol. The van der Waals surface area contributed by atoms with Gasteiger partial charge >= 0.3 is 5.97 Å². The Kier molecular flexibility index (Phi) is 6.82. The number of ether oxygens (including phenoxy) is 2. The van der Waals surface area contributed by atoms with E-state index in [4.69, 9.17) is 14.6 Å². The number of hydrogen-bond acceptors (Lipinski definition) is 4. The van der Waals surface area contributed by atoms with Gasteiger partial charge in [0.25, 0.3) is 5.91 Å². The predicted octanol–water partition coefficient (Wildman–Crippen LogP) is 4.17. The van der Waals surface area contributed by atoms with E-state index in [2.05, 4.69) is 5.32 Å². The Labute approximate surface area is 159 Å². The van der Waals surface area contributed by atoms with Crippen molar-refractivity contribution in [2.24, 2.45) is 5.92 Å². The topological polar surface area (TPSA) is 84.9 Å². The molecule has 2 N–H and O–H groups in total. The van der Waals surface area contributed by atoms with Crippen LogP contribution in [0.25, 0.3) is 0 Å². The first-order chi connectivity index (χ1) is 12.8. The highest BCUT2D eigenvalue weighted by Gasteiger charge is 2.15. The number of carboxylic acids is 1. The standard InChI is InChI=1S/C21H25NO5/c1-13(2)12-27-18-9-8-16(11-19(18)26-4)20(23)22-17-7-5-6-15(10-17)14(3)21(24)25/h5-11,13-14H,12H2,1-4H3,(H,22,23)(H,24,25). The van der Waals surface area contributed by atoms with Crippen molar-refractivity contribution >= 4 is 17.6 Å². The summed E-state index contributed by atoms with van der Waals surface area (Å²) in [5.41, 5.74) is 1.57. The zero-order chi connectivity index (χ0) is 20.0. The molecule has 0 radical (unpaired) electrons. The second-order valence-electron chi connectivity index (χ2n) is 6.71. The third kappa shape index (κ3) is 5.48. The highest BCUT2D eigenvalue weighted by Crippen LogP contribution is 2.29. The van der Waals surface area contributed by atoms with Crippen molar-refractivity contribution < 1.29 is 24.2 Å². The number of carbonyl (C=O) groups is 2. The van der Waals surface area contributed by atoms with Crippen LogP contribution in [0.2, 0.25) is 0 Å². The minimum absolute atomic E-state index is 0.316. The first-order valence-electron chi connectivity index (χ1n) is 8.76. The molecule has 27 heavy (non-hydrogen) atoms. The number of carbonyl (C=O) groups excluding carboxylic acids is 1. The largest absolute Gasteiger partial charge is 0.493 e. The van der Waals surface area contributed by atoms with Crippen LogP contribution in [0.3, 0.4) is 0 Å². The number of hydrogen-bond donors (Lipinski definition) is 2. The minimum atomic E-state index is -0.916. The zero-order valence-electron chi connectivity index (χ0n) is 16.0. The SMILES string of the molecule is COc1cc(C(=O)Nc2cccc(C(C)C(=O)O)c2)ccc1OCC(C)C. The molecule has 144 valence electrons. The second kappa shape index (κ2) is 9.07. The van der Waals surface area contributed by atoms with E-state index in [0.717, 1.165) is 0 Å². The molecule has 0 aromatic heterocycles. The van der Waals surface area contributed by atoms with E-state index in [9.17, 15) is 9.59 Å². The average molecular weight is 371 g/mol. The number of benzene rings is 2. The molecule has 2 aromatic rings. The van der Waals surface area contributed by atoms with E-state index < -0.39 is 11.9 Å². The number of carboxylic acid groups (broad SMARTS) is 1. The number of nitrogens with one attached hydrogen (secondary N) is 1. The van der Waals surface area contributed by atoms with Crippen LogP contribution in [0, 0.1) is 5.92 Å². The molecule has 1 atom stereocenters. The van der Waals surface area contributed by atoms with Crippen LogP contribution in [-0.4, -0.2) is 30.7 Å². The Bertz CT molecular complexity index is 816. The third-order valence-electron chi connectivity index (χ3n) is 4.01. The smallest absolute Gasteiger partial charge is 0.310 e. The first kappa shape index (κ1) is 20.3. The van der Waals surface area contributed by atoms with Crippen LogP contribution in [0.5, 0.6) is 11.5 Å². The van der Waals surface area contributed by atoms with Gasteiger partial charge in [-0.15, -0.1) is 0 Å². The molecule has 0 aliphatic rings. The first-order valence-corrected chi connectivity index (χ1v) is 8.76. The van der Waals surface area contributed by atoms with E-state index >= 15 is 0 Å². The van der Waals surface area contributed by atoms with Crippen LogP contribution in [0.4, 0.5) is 5.69 Å². The summed E-state index contributed by atoms with van der Waals surface area (Å²) in [6.45, 7) is 6.25. The van der Waals surface area contributed by atoms with Crippen molar-refractivity contribution in [3.63, 3.8) is 0 Å². The molecule has 2 rings (SSSR count). The molecule has 0 spiro atoms. The van der Waals surface area contributed by atoms with Gasteiger partial charge in [0.1, 0.15) is 0 Å². The third-order valence-corrected chi connectivity index (χ3v) is 4.01. The molecule has 2 aromatic carbocycles. The summed E-state index contributed by atoms with van der Waals surface area (Å²) < 4.78 is 11.0. The zero-order valence-corrected chi connectivity index (χ0v) is 16.0. The van der Waals surface area contributed by atoms with Crippen molar-refractivity contribution in [2.75, 3.05) is 19.0 Å². The van der Waals surface area contributed by atoms with Crippen LogP contribution in [0.1, 0.15) is 42.6 Å². The van der Waals surface area contributed by atoms with Gasteiger partial charge in [0, 0.05) is 11.3 Å². The number of methoxy groups -OCH3 is 1. The fourth-order valence-corrected chi connectivity index (χ4v) is 2.42. The van der Waals surface area contributed by atoms with E-state index in [1.54, 1.807) is 49.4 Å². The van der Waals surface area contributed by atoms with Gasteiger partial charge in [-0.3, -0.25) is 9.59 Å². The monoisotopic (exact) mass is 371 g/mol.